The molecule has 0 aliphatic carbocycles. The second-order valence-corrected chi connectivity index (χ2v) is 2.43. The summed E-state index contributed by atoms with van der Waals surface area (Å²) < 4.78 is 5.09. The van der Waals surface area contributed by atoms with Crippen LogP contribution in [0.2, 0.25) is 0 Å². The molecule has 1 aliphatic heterocycles. The fourth-order valence-corrected chi connectivity index (χ4v) is 1.04. The molecule has 1 aliphatic rings. The van der Waals surface area contributed by atoms with Crippen LogP contribution >= 0.6 is 0 Å². The number of aliphatic hydroxyl groups excluding tert-OH is 2. The van der Waals surface area contributed by atoms with Crippen LogP contribution in [0.15, 0.2) is 0 Å². The summed E-state index contributed by atoms with van der Waals surface area (Å²) in [4.78, 5) is 0. The van der Waals surface area contributed by atoms with Gasteiger partial charge < -0.3 is 14.9 Å². The minimum Gasteiger partial charge on any atom is -0.390 e. The number of nitrogens with one attached hydrogen (secondary N) is 1. The van der Waals surface area contributed by atoms with E-state index in [1.165, 1.54) is 0 Å². The van der Waals surface area contributed by atoms with E-state index in [2.05, 4.69) is 5.32 Å². The maximum Gasteiger partial charge on any atom is 0.136 e. The Morgan fingerprint density at radius 3 is 2.70 bits per heavy atom. The molecule has 1 saturated heterocycles. The lowest BCUT2D eigenvalue weighted by Gasteiger charge is -2.31. The van der Waals surface area contributed by atoms with Gasteiger partial charge in [-0.25, -0.2) is 0 Å². The first kappa shape index (κ1) is 7.94. The first-order valence-corrected chi connectivity index (χ1v) is 3.40. The second-order valence-electron chi connectivity index (χ2n) is 2.43. The van der Waals surface area contributed by atoms with Gasteiger partial charge in [-0.15, -0.1) is 0 Å². The van der Waals surface area contributed by atoms with Gasteiger partial charge in [-0.2, -0.15) is 0 Å². The van der Waals surface area contributed by atoms with E-state index in [1.54, 1.807) is 7.05 Å². The van der Waals surface area contributed by atoms with Crippen LogP contribution in [0.1, 0.15) is 6.42 Å². The van der Waals surface area contributed by atoms with Gasteiger partial charge >= 0.3 is 0 Å². The van der Waals surface area contributed by atoms with E-state index in [-0.39, 0.29) is 0 Å². The summed E-state index contributed by atoms with van der Waals surface area (Å²) in [5.41, 5.74) is 0. The zero-order valence-corrected chi connectivity index (χ0v) is 5.95. The summed E-state index contributed by atoms with van der Waals surface area (Å²) in [6, 6.07) is 0. The highest BCUT2D eigenvalue weighted by Gasteiger charge is 2.29. The van der Waals surface area contributed by atoms with Gasteiger partial charge in [0.2, 0.25) is 0 Å². The van der Waals surface area contributed by atoms with Crippen molar-refractivity contribution in [3.63, 3.8) is 0 Å². The zero-order valence-electron chi connectivity index (χ0n) is 5.95. The van der Waals surface area contributed by atoms with Gasteiger partial charge in [0.15, 0.2) is 0 Å². The molecule has 3 atom stereocenters. The lowest BCUT2D eigenvalue weighted by atomic mass is 10.1. The van der Waals surface area contributed by atoms with Crippen LogP contribution in [0, 0.1) is 0 Å². The van der Waals surface area contributed by atoms with Crippen molar-refractivity contribution < 1.29 is 14.9 Å². The normalized spacial score (nSPS) is 41.7. The first-order valence-electron chi connectivity index (χ1n) is 3.40. The molecule has 0 aromatic carbocycles. The Kier molecular flexibility index (Phi) is 2.62. The lowest BCUT2D eigenvalue weighted by molar-refractivity contribution is -0.143. The average molecular weight is 147 g/mol. The Hall–Kier alpha value is -0.160. The molecule has 1 heterocycles. The molecule has 4 heteroatoms. The first-order chi connectivity index (χ1) is 4.75. The predicted molar refractivity (Wildman–Crippen MR) is 35.4 cm³/mol. The lowest BCUT2D eigenvalue weighted by Crippen LogP contribution is -2.50. The highest BCUT2D eigenvalue weighted by molar-refractivity contribution is 4.77. The maximum absolute atomic E-state index is 9.20. The summed E-state index contributed by atoms with van der Waals surface area (Å²) in [6.07, 6.45) is -1.34. The molecule has 3 unspecified atom stereocenters. The third-order valence-corrected chi connectivity index (χ3v) is 1.70. The molecule has 0 aromatic rings. The minimum absolute atomic E-state index is 0.413. The number of hydrogen-bond donors (Lipinski definition) is 3. The SMILES string of the molecule is CNC1OCCC(O)C1O. The fourth-order valence-electron chi connectivity index (χ4n) is 1.04. The molecule has 60 valence electrons. The van der Waals surface area contributed by atoms with E-state index in [0.717, 1.165) is 0 Å². The van der Waals surface area contributed by atoms with Crippen LogP contribution < -0.4 is 5.32 Å². The molecular weight excluding hydrogens is 134 g/mol. The van der Waals surface area contributed by atoms with E-state index in [1.807, 2.05) is 0 Å². The number of ether oxygens (including phenoxy) is 1. The third-order valence-electron chi connectivity index (χ3n) is 1.70. The van der Waals surface area contributed by atoms with Crippen LogP contribution in [-0.2, 0) is 4.74 Å². The van der Waals surface area contributed by atoms with Crippen LogP contribution in [0.3, 0.4) is 0 Å². The van der Waals surface area contributed by atoms with Crippen LogP contribution in [-0.4, -0.2) is 42.3 Å². The topological polar surface area (TPSA) is 61.7 Å². The highest BCUT2D eigenvalue weighted by Crippen LogP contribution is 2.11. The summed E-state index contributed by atoms with van der Waals surface area (Å²) in [5, 5.41) is 21.1. The number of likely N-dealkylation sites (N-methyl/N-ethyl adjacent to an activating group) is 1. The fraction of sp³-hybridized carbons (Fsp3) is 1.00. The van der Waals surface area contributed by atoms with Gasteiger partial charge in [0.05, 0.1) is 12.7 Å². The van der Waals surface area contributed by atoms with Gasteiger partial charge in [-0.05, 0) is 13.5 Å². The summed E-state index contributed by atoms with van der Waals surface area (Å²) in [6.45, 7) is 0.504. The van der Waals surface area contributed by atoms with Gasteiger partial charge in [-0.1, -0.05) is 0 Å². The molecule has 10 heavy (non-hydrogen) atoms. The van der Waals surface area contributed by atoms with Crippen molar-refractivity contribution in [1.29, 1.82) is 0 Å². The van der Waals surface area contributed by atoms with Gasteiger partial charge in [0.1, 0.15) is 12.3 Å². The number of hydrogen-bond acceptors (Lipinski definition) is 4. The summed E-state index contributed by atoms with van der Waals surface area (Å²) >= 11 is 0. The quantitative estimate of drug-likeness (QED) is 0.430. The standard InChI is InChI=1S/C6H13NO3/c1-7-6-5(9)4(8)2-3-10-6/h4-9H,2-3H2,1H3. The molecule has 1 rings (SSSR count). The Morgan fingerprint density at radius 2 is 2.20 bits per heavy atom. The molecule has 0 amide bonds. The van der Waals surface area contributed by atoms with E-state index < -0.39 is 18.4 Å². The molecule has 0 radical (unpaired) electrons. The highest BCUT2D eigenvalue weighted by atomic mass is 16.5. The van der Waals surface area contributed by atoms with Crippen molar-refractivity contribution >= 4 is 0 Å². The summed E-state index contributed by atoms with van der Waals surface area (Å²) in [5.74, 6) is 0. The third kappa shape index (κ3) is 1.46. The van der Waals surface area contributed by atoms with E-state index in [9.17, 15) is 5.11 Å². The van der Waals surface area contributed by atoms with Crippen LogP contribution in [0.5, 0.6) is 0 Å². The molecule has 1 fully saturated rings. The number of aliphatic hydroxyl groups is 2. The smallest absolute Gasteiger partial charge is 0.136 e. The van der Waals surface area contributed by atoms with Crippen molar-refractivity contribution in [2.24, 2.45) is 0 Å². The van der Waals surface area contributed by atoms with Gasteiger partial charge in [0, 0.05) is 0 Å². The van der Waals surface area contributed by atoms with Gasteiger partial charge in [0.25, 0.3) is 0 Å². The van der Waals surface area contributed by atoms with Crippen LogP contribution in [0.25, 0.3) is 0 Å². The molecule has 0 saturated carbocycles. The monoisotopic (exact) mass is 147 g/mol. The van der Waals surface area contributed by atoms with E-state index in [0.29, 0.717) is 13.0 Å². The molecule has 4 nitrogen and oxygen atoms in total. The second kappa shape index (κ2) is 3.30. The van der Waals surface area contributed by atoms with Crippen molar-refractivity contribution in [2.45, 2.75) is 24.9 Å². The van der Waals surface area contributed by atoms with Crippen LogP contribution in [0.4, 0.5) is 0 Å². The van der Waals surface area contributed by atoms with Crippen molar-refractivity contribution in [1.82, 2.24) is 5.32 Å². The Morgan fingerprint density at radius 1 is 1.50 bits per heavy atom. The molecule has 0 spiro atoms. The Bertz CT molecular complexity index is 109. The minimum atomic E-state index is -0.793. The number of rotatable bonds is 1. The van der Waals surface area contributed by atoms with Crippen molar-refractivity contribution in [3.8, 4) is 0 Å². The van der Waals surface area contributed by atoms with E-state index in [4.69, 9.17) is 9.84 Å². The molecule has 0 aromatic heterocycles. The largest absolute Gasteiger partial charge is 0.390 e. The van der Waals surface area contributed by atoms with Gasteiger partial charge in [-0.3, -0.25) is 5.32 Å². The average Bonchev–Trinajstić information content (AvgIpc) is 1.95. The predicted octanol–water partition coefficient (Wildman–Crippen LogP) is -1.33. The Labute approximate surface area is 59.8 Å². The maximum atomic E-state index is 9.20. The Balaban J connectivity index is 2.42. The van der Waals surface area contributed by atoms with E-state index >= 15 is 0 Å². The molecular formula is C6H13NO3. The van der Waals surface area contributed by atoms with Crippen molar-refractivity contribution in [3.05, 3.63) is 0 Å². The molecule has 0 bridgehead atoms. The molecule has 3 N–H and O–H groups in total. The summed E-state index contributed by atoms with van der Waals surface area (Å²) in [7, 11) is 1.69. The van der Waals surface area contributed by atoms with Crippen molar-refractivity contribution in [2.75, 3.05) is 13.7 Å². The zero-order chi connectivity index (χ0) is 7.56.